The minimum Gasteiger partial charge on any atom is -0.354 e. The quantitative estimate of drug-likeness (QED) is 0.926. The third-order valence-corrected chi connectivity index (χ3v) is 3.80. The van der Waals surface area contributed by atoms with Gasteiger partial charge in [0.25, 0.3) is 0 Å². The molecule has 6 heteroatoms. The molecule has 94 valence electrons. The average molecular weight is 319 g/mol. The van der Waals surface area contributed by atoms with Gasteiger partial charge in [-0.2, -0.15) is 11.8 Å². The molecule has 0 unspecified atom stereocenters. The van der Waals surface area contributed by atoms with Crippen LogP contribution in [0.2, 0.25) is 0 Å². The Kier molecular flexibility index (Phi) is 5.27. The molecule has 0 bridgehead atoms. The Morgan fingerprint density at radius 1 is 1.59 bits per heavy atom. The standard InChI is InChI=1S/C11H15BrN2O2S/c1-7(17-3)4-10(15)13-9-6-14(2)5-8(12)11(9)16/h5-7H,4H2,1-3H3,(H,13,15)/t7-/m0/s1. The minimum absolute atomic E-state index is 0.137. The summed E-state index contributed by atoms with van der Waals surface area (Å²) in [7, 11) is 1.80. The van der Waals surface area contributed by atoms with E-state index in [2.05, 4.69) is 21.2 Å². The van der Waals surface area contributed by atoms with Crippen molar-refractivity contribution in [1.29, 1.82) is 0 Å². The summed E-state index contributed by atoms with van der Waals surface area (Å²) < 4.78 is 2.16. The molecule has 1 N–H and O–H groups in total. The molecule has 4 nitrogen and oxygen atoms in total. The van der Waals surface area contributed by atoms with Crippen LogP contribution in [0.5, 0.6) is 0 Å². The van der Waals surface area contributed by atoms with E-state index >= 15 is 0 Å². The van der Waals surface area contributed by atoms with Gasteiger partial charge in [0, 0.05) is 31.1 Å². The van der Waals surface area contributed by atoms with Gasteiger partial charge in [-0.3, -0.25) is 9.59 Å². The lowest BCUT2D eigenvalue weighted by atomic mass is 10.3. The normalized spacial score (nSPS) is 12.2. The Balaban J connectivity index is 2.82. The van der Waals surface area contributed by atoms with Crippen molar-refractivity contribution in [1.82, 2.24) is 4.57 Å². The summed E-state index contributed by atoms with van der Waals surface area (Å²) in [6, 6.07) is 0. The largest absolute Gasteiger partial charge is 0.354 e. The SMILES string of the molecule is CS[C@@H](C)CC(=O)Nc1cn(C)cc(Br)c1=O. The van der Waals surface area contributed by atoms with E-state index in [9.17, 15) is 9.59 Å². The Labute approximate surface area is 113 Å². The molecule has 0 aromatic carbocycles. The van der Waals surface area contributed by atoms with Crippen LogP contribution in [-0.2, 0) is 11.8 Å². The summed E-state index contributed by atoms with van der Waals surface area (Å²) in [5, 5.41) is 2.88. The number of amides is 1. The van der Waals surface area contributed by atoms with Gasteiger partial charge in [-0.05, 0) is 22.2 Å². The lowest BCUT2D eigenvalue weighted by Crippen LogP contribution is -2.22. The molecule has 0 radical (unpaired) electrons. The number of thioether (sulfide) groups is 1. The van der Waals surface area contributed by atoms with Gasteiger partial charge < -0.3 is 9.88 Å². The van der Waals surface area contributed by atoms with Crippen molar-refractivity contribution in [2.45, 2.75) is 18.6 Å². The molecule has 1 aromatic heterocycles. The Hall–Kier alpha value is -0.750. The molecule has 0 aliphatic heterocycles. The maximum absolute atomic E-state index is 11.7. The summed E-state index contributed by atoms with van der Waals surface area (Å²) in [6.45, 7) is 1.98. The molecule has 0 saturated heterocycles. The van der Waals surface area contributed by atoms with Crippen LogP contribution in [-0.4, -0.2) is 22.0 Å². The number of nitrogens with one attached hydrogen (secondary N) is 1. The molecule has 1 atom stereocenters. The van der Waals surface area contributed by atoms with Gasteiger partial charge in [0.15, 0.2) is 0 Å². The van der Waals surface area contributed by atoms with Crippen molar-refractivity contribution in [3.8, 4) is 0 Å². The van der Waals surface area contributed by atoms with Crippen LogP contribution in [0.25, 0.3) is 0 Å². The van der Waals surface area contributed by atoms with E-state index in [1.165, 1.54) is 0 Å². The van der Waals surface area contributed by atoms with Crippen molar-refractivity contribution >= 4 is 39.3 Å². The number of anilines is 1. The zero-order chi connectivity index (χ0) is 13.0. The summed E-state index contributed by atoms with van der Waals surface area (Å²) in [6.07, 6.45) is 5.62. The zero-order valence-corrected chi connectivity index (χ0v) is 12.4. The van der Waals surface area contributed by atoms with Gasteiger partial charge in [0.05, 0.1) is 4.47 Å². The maximum atomic E-state index is 11.7. The molecule has 0 aliphatic carbocycles. The van der Waals surface area contributed by atoms with Gasteiger partial charge in [-0.1, -0.05) is 6.92 Å². The first-order valence-corrected chi connectivity index (χ1v) is 7.20. The van der Waals surface area contributed by atoms with E-state index in [0.717, 1.165) is 0 Å². The second-order valence-electron chi connectivity index (χ2n) is 3.81. The predicted molar refractivity (Wildman–Crippen MR) is 75.6 cm³/mol. The zero-order valence-electron chi connectivity index (χ0n) is 9.99. The van der Waals surface area contributed by atoms with E-state index in [4.69, 9.17) is 0 Å². The first-order valence-electron chi connectivity index (χ1n) is 5.12. The molecule has 1 amide bonds. The number of rotatable bonds is 4. The highest BCUT2D eigenvalue weighted by Crippen LogP contribution is 2.12. The van der Waals surface area contributed by atoms with Crippen molar-refractivity contribution in [3.63, 3.8) is 0 Å². The second-order valence-corrected chi connectivity index (χ2v) is 5.94. The lowest BCUT2D eigenvalue weighted by molar-refractivity contribution is -0.116. The number of carbonyl (C=O) groups is 1. The number of hydrogen-bond donors (Lipinski definition) is 1. The third-order valence-electron chi connectivity index (χ3n) is 2.26. The number of carbonyl (C=O) groups excluding carboxylic acids is 1. The first kappa shape index (κ1) is 14.3. The highest BCUT2D eigenvalue weighted by Gasteiger charge is 2.11. The fourth-order valence-corrected chi connectivity index (χ4v) is 2.15. The summed E-state index contributed by atoms with van der Waals surface area (Å²) in [4.78, 5) is 23.4. The number of hydrogen-bond acceptors (Lipinski definition) is 3. The van der Waals surface area contributed by atoms with Crippen LogP contribution < -0.4 is 10.7 Å². The van der Waals surface area contributed by atoms with E-state index in [1.807, 2.05) is 13.2 Å². The van der Waals surface area contributed by atoms with E-state index in [-0.39, 0.29) is 16.6 Å². The number of halogens is 1. The predicted octanol–water partition coefficient (Wildman–Crippen LogP) is 2.23. The van der Waals surface area contributed by atoms with E-state index < -0.39 is 0 Å². The van der Waals surface area contributed by atoms with Crippen LogP contribution in [0.3, 0.4) is 0 Å². The molecule has 0 fully saturated rings. The number of aryl methyl sites for hydroxylation is 1. The van der Waals surface area contributed by atoms with Gasteiger partial charge in [-0.15, -0.1) is 0 Å². The smallest absolute Gasteiger partial charge is 0.225 e. The maximum Gasteiger partial charge on any atom is 0.225 e. The van der Waals surface area contributed by atoms with Crippen LogP contribution in [0.4, 0.5) is 5.69 Å². The van der Waals surface area contributed by atoms with Gasteiger partial charge >= 0.3 is 0 Å². The highest BCUT2D eigenvalue weighted by molar-refractivity contribution is 9.10. The van der Waals surface area contributed by atoms with Crippen molar-refractivity contribution in [2.75, 3.05) is 11.6 Å². The molecule has 1 aromatic rings. The minimum atomic E-state index is -0.201. The topological polar surface area (TPSA) is 51.1 Å². The van der Waals surface area contributed by atoms with Gasteiger partial charge in [0.2, 0.25) is 11.3 Å². The van der Waals surface area contributed by atoms with Gasteiger partial charge in [-0.25, -0.2) is 0 Å². The number of nitrogens with zero attached hydrogens (tertiary/aromatic N) is 1. The second kappa shape index (κ2) is 6.26. The lowest BCUT2D eigenvalue weighted by Gasteiger charge is -2.10. The molecule has 0 aliphatic rings. The fraction of sp³-hybridized carbons (Fsp3) is 0.455. The highest BCUT2D eigenvalue weighted by atomic mass is 79.9. The number of pyridine rings is 1. The number of aromatic nitrogens is 1. The van der Waals surface area contributed by atoms with Crippen LogP contribution in [0.15, 0.2) is 21.7 Å². The van der Waals surface area contributed by atoms with E-state index in [1.54, 1.807) is 35.8 Å². The van der Waals surface area contributed by atoms with Crippen molar-refractivity contribution in [3.05, 3.63) is 27.1 Å². The Morgan fingerprint density at radius 2 is 2.24 bits per heavy atom. The van der Waals surface area contributed by atoms with Gasteiger partial charge in [0.1, 0.15) is 5.69 Å². The molecular formula is C11H15BrN2O2S. The molecule has 17 heavy (non-hydrogen) atoms. The van der Waals surface area contributed by atoms with Crippen molar-refractivity contribution in [2.24, 2.45) is 7.05 Å². The Bertz CT molecular complexity index is 473. The molecular weight excluding hydrogens is 304 g/mol. The molecule has 1 heterocycles. The van der Waals surface area contributed by atoms with Crippen molar-refractivity contribution < 1.29 is 4.79 Å². The molecule has 1 rings (SSSR count). The monoisotopic (exact) mass is 318 g/mol. The molecule has 0 spiro atoms. The fourth-order valence-electron chi connectivity index (χ4n) is 1.30. The average Bonchev–Trinajstić information content (AvgIpc) is 2.24. The first-order chi connectivity index (χ1) is 7.93. The summed E-state index contributed by atoms with van der Waals surface area (Å²) >= 11 is 4.78. The summed E-state index contributed by atoms with van der Waals surface area (Å²) in [5.74, 6) is -0.137. The van der Waals surface area contributed by atoms with Crippen LogP contribution in [0, 0.1) is 0 Å². The Morgan fingerprint density at radius 3 is 2.82 bits per heavy atom. The molecule has 0 saturated carbocycles. The van der Waals surface area contributed by atoms with E-state index in [0.29, 0.717) is 16.6 Å². The van der Waals surface area contributed by atoms with Crippen LogP contribution >= 0.6 is 27.7 Å². The third kappa shape index (κ3) is 4.20. The van der Waals surface area contributed by atoms with Crippen LogP contribution in [0.1, 0.15) is 13.3 Å². The summed E-state index contributed by atoms with van der Waals surface area (Å²) in [5.41, 5.74) is 0.105.